The van der Waals surface area contributed by atoms with Crippen molar-refractivity contribution in [3.8, 4) is 0 Å². The Morgan fingerprint density at radius 2 is 2.07 bits per heavy atom. The van der Waals surface area contributed by atoms with Crippen molar-refractivity contribution in [2.24, 2.45) is 5.92 Å². The molecule has 1 aromatic carbocycles. The quantitative estimate of drug-likeness (QED) is 0.499. The van der Waals surface area contributed by atoms with E-state index in [1.807, 2.05) is 6.26 Å². The van der Waals surface area contributed by atoms with Gasteiger partial charge in [-0.2, -0.15) is 0 Å². The Balaban J connectivity index is 1.68. The van der Waals surface area contributed by atoms with Gasteiger partial charge in [-0.1, -0.05) is 52.4 Å². The molecule has 0 unspecified atom stereocenters. The summed E-state index contributed by atoms with van der Waals surface area (Å²) in [7, 11) is -3.66. The van der Waals surface area contributed by atoms with Gasteiger partial charge in [0.25, 0.3) is 0 Å². The number of nitrogens with one attached hydrogen (secondary N) is 1. The first kappa shape index (κ1) is 21.8. The number of sulfonamides is 1. The lowest BCUT2D eigenvalue weighted by atomic mass is 9.99. The lowest BCUT2D eigenvalue weighted by Gasteiger charge is -2.31. The van der Waals surface area contributed by atoms with Crippen molar-refractivity contribution in [3.05, 3.63) is 33.8 Å². The van der Waals surface area contributed by atoms with Crippen LogP contribution in [0.5, 0.6) is 0 Å². The fraction of sp³-hybridized carbons (Fsp3) is 0.438. The number of carbonyl (C=O) groups is 1. The molecule has 28 heavy (non-hydrogen) atoms. The molecule has 1 fully saturated rings. The molecule has 1 amide bonds. The highest BCUT2D eigenvalue weighted by atomic mass is 35.5. The van der Waals surface area contributed by atoms with Gasteiger partial charge in [-0.15, -0.1) is 10.2 Å². The monoisotopic (exact) mass is 480 g/mol. The number of piperidine rings is 1. The lowest BCUT2D eigenvalue weighted by Crippen LogP contribution is -2.44. The topological polar surface area (TPSA) is 92.3 Å². The molecule has 0 aliphatic carbocycles. The second-order valence-electron chi connectivity index (χ2n) is 6.22. The molecule has 2 aromatic rings. The Morgan fingerprint density at radius 1 is 1.36 bits per heavy atom. The van der Waals surface area contributed by atoms with E-state index in [0.717, 1.165) is 4.34 Å². The molecule has 1 saturated heterocycles. The number of thioether (sulfide) groups is 1. The molecule has 1 N–H and O–H groups in total. The predicted octanol–water partition coefficient (Wildman–Crippen LogP) is 3.75. The number of hydrogen-bond donors (Lipinski definition) is 1. The molecule has 0 spiro atoms. The van der Waals surface area contributed by atoms with Gasteiger partial charge in [-0.05, 0) is 31.2 Å². The van der Waals surface area contributed by atoms with Gasteiger partial charge in [0.05, 0.1) is 11.7 Å². The fourth-order valence-corrected chi connectivity index (χ4v) is 6.44. The maximum Gasteiger partial charge on any atom is 0.230 e. The summed E-state index contributed by atoms with van der Waals surface area (Å²) in [6.45, 7) is 0.480. The molecule has 0 saturated carbocycles. The van der Waals surface area contributed by atoms with Gasteiger partial charge in [0.2, 0.25) is 21.1 Å². The van der Waals surface area contributed by atoms with Gasteiger partial charge in [0.15, 0.2) is 4.34 Å². The fourth-order valence-electron chi connectivity index (χ4n) is 2.90. The summed E-state index contributed by atoms with van der Waals surface area (Å²) in [5.41, 5.74) is 0.371. The van der Waals surface area contributed by atoms with Crippen LogP contribution < -0.4 is 5.32 Å². The summed E-state index contributed by atoms with van der Waals surface area (Å²) >= 11 is 15.0. The van der Waals surface area contributed by atoms with E-state index in [4.69, 9.17) is 23.2 Å². The standard InChI is InChI=1S/C16H18Cl2N4O3S3/c1-26-16-21-20-15(27-16)19-14(23)10-4-3-7-22(8-10)28(24,25)9-11-12(17)5-2-6-13(11)18/h2,5-6,10H,3-4,7-9H2,1H3,(H,19,20,23)/t10-/m0/s1. The van der Waals surface area contributed by atoms with Gasteiger partial charge >= 0.3 is 0 Å². The third-order valence-electron chi connectivity index (χ3n) is 4.35. The third-order valence-corrected chi connectivity index (χ3v) is 8.64. The molecule has 152 valence electrons. The zero-order valence-corrected chi connectivity index (χ0v) is 18.9. The van der Waals surface area contributed by atoms with E-state index in [-0.39, 0.29) is 18.2 Å². The Kier molecular flexibility index (Phi) is 7.21. The minimum Gasteiger partial charge on any atom is -0.300 e. The van der Waals surface area contributed by atoms with Gasteiger partial charge in [-0.3, -0.25) is 4.79 Å². The van der Waals surface area contributed by atoms with Crippen LogP contribution >= 0.6 is 46.3 Å². The number of benzene rings is 1. The van der Waals surface area contributed by atoms with Gasteiger partial charge in [-0.25, -0.2) is 12.7 Å². The molecule has 1 aliphatic rings. The van der Waals surface area contributed by atoms with Crippen LogP contribution in [0.4, 0.5) is 5.13 Å². The summed E-state index contributed by atoms with van der Waals surface area (Å²) in [5, 5.41) is 11.6. The summed E-state index contributed by atoms with van der Waals surface area (Å²) < 4.78 is 27.9. The molecule has 0 bridgehead atoms. The first-order chi connectivity index (χ1) is 13.3. The van der Waals surface area contributed by atoms with Crippen LogP contribution in [-0.4, -0.2) is 48.2 Å². The zero-order valence-electron chi connectivity index (χ0n) is 14.9. The van der Waals surface area contributed by atoms with Crippen molar-refractivity contribution in [3.63, 3.8) is 0 Å². The highest BCUT2D eigenvalue weighted by Crippen LogP contribution is 2.29. The van der Waals surface area contributed by atoms with Crippen LogP contribution in [0.15, 0.2) is 22.5 Å². The number of carbonyl (C=O) groups excluding carboxylic acids is 1. The molecule has 0 radical (unpaired) electrons. The van der Waals surface area contributed by atoms with Crippen LogP contribution in [0.2, 0.25) is 10.0 Å². The van der Waals surface area contributed by atoms with Crippen molar-refractivity contribution in [2.75, 3.05) is 24.7 Å². The normalized spacial score (nSPS) is 18.2. The predicted molar refractivity (Wildman–Crippen MR) is 114 cm³/mol. The average molecular weight is 481 g/mol. The van der Waals surface area contributed by atoms with E-state index in [1.165, 1.54) is 27.4 Å². The van der Waals surface area contributed by atoms with Crippen molar-refractivity contribution in [1.29, 1.82) is 0 Å². The molecule has 1 atom stereocenters. The van der Waals surface area contributed by atoms with E-state index < -0.39 is 15.9 Å². The lowest BCUT2D eigenvalue weighted by molar-refractivity contribution is -0.120. The Bertz CT molecular complexity index is 948. The summed E-state index contributed by atoms with van der Waals surface area (Å²) in [5.74, 6) is -1.00. The van der Waals surface area contributed by atoms with E-state index in [2.05, 4.69) is 15.5 Å². The molecule has 12 heteroatoms. The summed E-state index contributed by atoms with van der Waals surface area (Å²) in [6.07, 6.45) is 3.08. The summed E-state index contributed by atoms with van der Waals surface area (Å²) in [4.78, 5) is 12.6. The van der Waals surface area contributed by atoms with E-state index in [9.17, 15) is 13.2 Å². The van der Waals surface area contributed by atoms with Crippen molar-refractivity contribution >= 4 is 67.4 Å². The van der Waals surface area contributed by atoms with E-state index in [0.29, 0.717) is 40.1 Å². The maximum atomic E-state index is 12.9. The van der Waals surface area contributed by atoms with Gasteiger partial charge in [0, 0.05) is 28.7 Å². The van der Waals surface area contributed by atoms with E-state index in [1.54, 1.807) is 18.2 Å². The van der Waals surface area contributed by atoms with Gasteiger partial charge < -0.3 is 5.32 Å². The Hall–Kier alpha value is -0.910. The van der Waals surface area contributed by atoms with Gasteiger partial charge in [0.1, 0.15) is 0 Å². The average Bonchev–Trinajstić information content (AvgIpc) is 3.12. The van der Waals surface area contributed by atoms with Crippen molar-refractivity contribution in [1.82, 2.24) is 14.5 Å². The van der Waals surface area contributed by atoms with Crippen molar-refractivity contribution < 1.29 is 13.2 Å². The molecular weight excluding hydrogens is 463 g/mol. The Morgan fingerprint density at radius 3 is 2.71 bits per heavy atom. The largest absolute Gasteiger partial charge is 0.300 e. The highest BCUT2D eigenvalue weighted by molar-refractivity contribution is 8.00. The SMILES string of the molecule is CSc1nnc(NC(=O)[C@H]2CCCN(S(=O)(=O)Cc3c(Cl)cccc3Cl)C2)s1. The maximum absolute atomic E-state index is 12.9. The van der Waals surface area contributed by atoms with Crippen LogP contribution in [0, 0.1) is 5.92 Å². The molecule has 2 heterocycles. The highest BCUT2D eigenvalue weighted by Gasteiger charge is 2.33. The minimum absolute atomic E-state index is 0.116. The van der Waals surface area contributed by atoms with Crippen LogP contribution in [-0.2, 0) is 20.6 Å². The summed E-state index contributed by atoms with van der Waals surface area (Å²) in [6, 6.07) is 4.88. The molecular formula is C16H18Cl2N4O3S3. The number of halogens is 2. The first-order valence-electron chi connectivity index (χ1n) is 8.39. The molecule has 3 rings (SSSR count). The zero-order chi connectivity index (χ0) is 20.3. The Labute approximate surface area is 181 Å². The number of aromatic nitrogens is 2. The van der Waals surface area contributed by atoms with Crippen molar-refractivity contribution in [2.45, 2.75) is 22.9 Å². The van der Waals surface area contributed by atoms with Crippen LogP contribution in [0.3, 0.4) is 0 Å². The number of amides is 1. The van der Waals surface area contributed by atoms with Crippen LogP contribution in [0.25, 0.3) is 0 Å². The number of rotatable bonds is 6. The molecule has 1 aromatic heterocycles. The second kappa shape index (κ2) is 9.27. The number of nitrogens with zero attached hydrogens (tertiary/aromatic N) is 3. The number of hydrogen-bond acceptors (Lipinski definition) is 7. The third kappa shape index (κ3) is 5.17. The molecule has 7 nitrogen and oxygen atoms in total. The number of anilines is 1. The molecule has 1 aliphatic heterocycles. The van der Waals surface area contributed by atoms with E-state index >= 15 is 0 Å². The smallest absolute Gasteiger partial charge is 0.230 e. The van der Waals surface area contributed by atoms with Crippen LogP contribution in [0.1, 0.15) is 18.4 Å². The second-order valence-corrected chi connectivity index (χ2v) is 11.0. The first-order valence-corrected chi connectivity index (χ1v) is 12.8. The minimum atomic E-state index is -3.66.